The van der Waals surface area contributed by atoms with Crippen molar-refractivity contribution >= 4 is 33.0 Å². The number of rotatable bonds is 8. The molecule has 9 heteroatoms. The molecule has 2 fully saturated rings. The lowest BCUT2D eigenvalue weighted by Crippen LogP contribution is -2.34. The number of carbonyl (C=O) groups excluding carboxylic acids is 1. The van der Waals surface area contributed by atoms with Gasteiger partial charge in [0.15, 0.2) is 5.78 Å². The van der Waals surface area contributed by atoms with Gasteiger partial charge in [-0.05, 0) is 93.4 Å². The fourth-order valence-corrected chi connectivity index (χ4v) is 6.70. The molecule has 224 valence electrons. The van der Waals surface area contributed by atoms with Crippen molar-refractivity contribution in [1.29, 1.82) is 5.41 Å². The van der Waals surface area contributed by atoms with Gasteiger partial charge in [-0.1, -0.05) is 25.8 Å². The average molecular weight is 590 g/mol. The summed E-state index contributed by atoms with van der Waals surface area (Å²) in [4.78, 5) is 19.9. The van der Waals surface area contributed by atoms with Crippen LogP contribution in [0.5, 0.6) is 0 Å². The average Bonchev–Trinajstić information content (AvgIpc) is 3.06. The van der Waals surface area contributed by atoms with Crippen molar-refractivity contribution in [1.82, 2.24) is 4.90 Å². The number of nitrogens with two attached hydrogens (primary N) is 1. The Bertz CT molecular complexity index is 1510. The lowest BCUT2D eigenvalue weighted by molar-refractivity contribution is -0.115. The first-order valence-electron chi connectivity index (χ1n) is 14.7. The molecule has 1 saturated carbocycles. The molecule has 8 nitrogen and oxygen atoms in total. The van der Waals surface area contributed by atoms with Gasteiger partial charge in [0, 0.05) is 54.7 Å². The fourth-order valence-electron chi connectivity index (χ4n) is 6.21. The van der Waals surface area contributed by atoms with Gasteiger partial charge in [-0.25, -0.2) is 18.5 Å². The zero-order chi connectivity index (χ0) is 30.4. The molecule has 2 aliphatic carbocycles. The van der Waals surface area contributed by atoms with Gasteiger partial charge in [0.05, 0.1) is 10.6 Å². The number of likely N-dealkylation sites (tertiary alicyclic amines) is 1. The van der Waals surface area contributed by atoms with Crippen LogP contribution in [0.2, 0.25) is 0 Å². The molecule has 1 saturated heterocycles. The lowest BCUT2D eigenvalue weighted by atomic mass is 9.84. The number of Topliss-reactive ketones (excluding diaryl/α,β-unsaturated/α-hetero) is 1. The number of sulfonamides is 1. The Hall–Kier alpha value is -3.36. The highest BCUT2D eigenvalue weighted by atomic mass is 32.2. The summed E-state index contributed by atoms with van der Waals surface area (Å²) < 4.78 is 23.2. The smallest absolute Gasteiger partial charge is 0.238 e. The molecule has 0 bridgehead atoms. The van der Waals surface area contributed by atoms with Gasteiger partial charge >= 0.3 is 0 Å². The second-order valence-corrected chi connectivity index (χ2v) is 13.5. The van der Waals surface area contributed by atoms with Crippen LogP contribution in [0.4, 0.5) is 5.69 Å². The van der Waals surface area contributed by atoms with E-state index in [1.807, 2.05) is 13.1 Å². The quantitative estimate of drug-likeness (QED) is 0.155. The molecular weight excluding hydrogens is 546 g/mol. The van der Waals surface area contributed by atoms with E-state index in [4.69, 9.17) is 10.5 Å². The van der Waals surface area contributed by atoms with Crippen molar-refractivity contribution < 1.29 is 13.2 Å². The van der Waals surface area contributed by atoms with Crippen LogP contribution < -0.4 is 10.5 Å². The third kappa shape index (κ3) is 8.58. The number of nitrogens with zero attached hydrogens (tertiary/aromatic N) is 2. The molecule has 3 atom stereocenters. The predicted octanol–water partition coefficient (Wildman–Crippen LogP) is 5.72. The van der Waals surface area contributed by atoms with E-state index in [0.717, 1.165) is 55.7 Å². The third-order valence-electron chi connectivity index (χ3n) is 8.44. The Labute approximate surface area is 250 Å². The number of allylic oxidation sites excluding steroid dienone is 4. The number of aliphatic imine (C=N–C) groups is 1. The lowest BCUT2D eigenvalue weighted by Gasteiger charge is -2.29. The molecule has 1 aliphatic heterocycles. The summed E-state index contributed by atoms with van der Waals surface area (Å²) in [5.74, 6) is 1.69. The second-order valence-electron chi connectivity index (χ2n) is 12.0. The molecule has 4 N–H and O–H groups in total. The summed E-state index contributed by atoms with van der Waals surface area (Å²) in [6, 6.07) is 6.75. The number of hydrogen-bond donors (Lipinski definition) is 3. The van der Waals surface area contributed by atoms with Crippen LogP contribution in [0.3, 0.4) is 0 Å². The zero-order valence-corrected chi connectivity index (χ0v) is 25.9. The van der Waals surface area contributed by atoms with E-state index < -0.39 is 10.0 Å². The SMILES string of the molecule is C/C(=N\C=C1\CN([C@@H]2CCCC(CCC(=O)C3=CC=C(S(N)(=O)=O)C=C=C3)[C@H](C)C2)CC1=N)Nc1cc(C)cc(C)c1. The van der Waals surface area contributed by atoms with Crippen molar-refractivity contribution in [3.8, 4) is 0 Å². The Morgan fingerprint density at radius 2 is 1.90 bits per heavy atom. The van der Waals surface area contributed by atoms with E-state index in [0.29, 0.717) is 42.1 Å². The van der Waals surface area contributed by atoms with E-state index in [1.165, 1.54) is 35.4 Å². The number of hydrogen-bond acceptors (Lipinski definition) is 6. The van der Waals surface area contributed by atoms with Crippen LogP contribution >= 0.6 is 0 Å². The third-order valence-corrected chi connectivity index (χ3v) is 9.36. The van der Waals surface area contributed by atoms with Crippen LogP contribution in [0.25, 0.3) is 0 Å². The molecule has 1 heterocycles. The molecule has 1 aromatic carbocycles. The van der Waals surface area contributed by atoms with E-state index in [-0.39, 0.29) is 10.7 Å². The fraction of sp³-hybridized carbons (Fsp3) is 0.455. The van der Waals surface area contributed by atoms with Crippen molar-refractivity contribution in [2.45, 2.75) is 72.3 Å². The topological polar surface area (TPSA) is 129 Å². The number of ketones is 1. The number of carbonyl (C=O) groups is 1. The van der Waals surface area contributed by atoms with E-state index in [9.17, 15) is 13.2 Å². The molecular formula is C33H43N5O3S. The van der Waals surface area contributed by atoms with Gasteiger partial charge in [-0.3, -0.25) is 9.69 Å². The molecule has 0 aromatic heterocycles. The monoisotopic (exact) mass is 589 g/mol. The van der Waals surface area contributed by atoms with Gasteiger partial charge < -0.3 is 10.7 Å². The minimum Gasteiger partial charge on any atom is -0.344 e. The van der Waals surface area contributed by atoms with Crippen LogP contribution in [0.15, 0.2) is 75.5 Å². The predicted molar refractivity (Wildman–Crippen MR) is 171 cm³/mol. The molecule has 3 aliphatic rings. The first kappa shape index (κ1) is 31.6. The molecule has 0 radical (unpaired) electrons. The van der Waals surface area contributed by atoms with Gasteiger partial charge in [0.1, 0.15) is 5.84 Å². The zero-order valence-electron chi connectivity index (χ0n) is 25.1. The highest BCUT2D eigenvalue weighted by molar-refractivity contribution is 7.93. The first-order valence-corrected chi connectivity index (χ1v) is 16.2. The maximum absolute atomic E-state index is 12.9. The highest BCUT2D eigenvalue weighted by Crippen LogP contribution is 2.35. The standard InChI is InChI=1S/C33H43N5O3S/c1-22-15-23(2)17-29(16-22)37-25(4)36-19-28-20-38(21-32(28)34)30-9-5-7-26(24(3)18-30)12-14-33(39)27-8-6-10-31(13-11-27)42(35,40)41/h8,10-11,13,15-17,19,24,26,30,34H,5,7,9,12,14,18,20-21H2,1-4H3,(H,36,37)(H2,35,40,41)/b28-19-,34-32?/t24-,26?,30-/m1/s1. The number of benzene rings is 1. The van der Waals surface area contributed by atoms with Crippen molar-refractivity contribution in [2.24, 2.45) is 22.0 Å². The Morgan fingerprint density at radius 1 is 1.17 bits per heavy atom. The van der Waals surface area contributed by atoms with Crippen LogP contribution in [-0.2, 0) is 14.8 Å². The summed E-state index contributed by atoms with van der Waals surface area (Å²) in [6.07, 6.45) is 13.1. The number of nitrogens with one attached hydrogen (secondary N) is 2. The maximum Gasteiger partial charge on any atom is 0.238 e. The second kappa shape index (κ2) is 13.7. The Kier molecular flexibility index (Phi) is 10.3. The van der Waals surface area contributed by atoms with Crippen molar-refractivity contribution in [2.75, 3.05) is 18.4 Å². The summed E-state index contributed by atoms with van der Waals surface area (Å²) in [5.41, 5.74) is 8.23. The molecule has 0 spiro atoms. The molecule has 42 heavy (non-hydrogen) atoms. The van der Waals surface area contributed by atoms with E-state index >= 15 is 0 Å². The largest absolute Gasteiger partial charge is 0.344 e. The maximum atomic E-state index is 12.9. The molecule has 1 aromatic rings. The number of primary sulfonamides is 1. The molecule has 4 rings (SSSR count). The number of aryl methyl sites for hydroxylation is 2. The van der Waals surface area contributed by atoms with Crippen molar-refractivity contribution in [3.05, 3.63) is 81.6 Å². The summed E-state index contributed by atoms with van der Waals surface area (Å²) >= 11 is 0. The highest BCUT2D eigenvalue weighted by Gasteiger charge is 2.33. The summed E-state index contributed by atoms with van der Waals surface area (Å²) in [6.45, 7) is 9.77. The number of anilines is 1. The van der Waals surface area contributed by atoms with Gasteiger partial charge in [0.25, 0.3) is 0 Å². The van der Waals surface area contributed by atoms with Crippen LogP contribution in [0, 0.1) is 31.1 Å². The van der Waals surface area contributed by atoms with E-state index in [2.05, 4.69) is 59.9 Å². The number of amidine groups is 1. The Morgan fingerprint density at radius 3 is 2.62 bits per heavy atom. The molecule has 1 unspecified atom stereocenters. The van der Waals surface area contributed by atoms with E-state index in [1.54, 1.807) is 0 Å². The van der Waals surface area contributed by atoms with Crippen LogP contribution in [0.1, 0.15) is 63.5 Å². The normalized spacial score (nSPS) is 24.8. The minimum atomic E-state index is -3.84. The first-order chi connectivity index (χ1) is 19.9. The van der Waals surface area contributed by atoms with Crippen molar-refractivity contribution in [3.63, 3.8) is 0 Å². The van der Waals surface area contributed by atoms with Crippen LogP contribution in [-0.4, -0.2) is 49.8 Å². The summed E-state index contributed by atoms with van der Waals surface area (Å²) in [7, 11) is -3.84. The van der Waals surface area contributed by atoms with Gasteiger partial charge in [-0.2, -0.15) is 0 Å². The minimum absolute atomic E-state index is 0.0125. The van der Waals surface area contributed by atoms with Gasteiger partial charge in [0.2, 0.25) is 10.0 Å². The molecule has 0 amide bonds. The Balaban J connectivity index is 1.31. The van der Waals surface area contributed by atoms with Gasteiger partial charge in [-0.15, -0.1) is 5.73 Å². The summed E-state index contributed by atoms with van der Waals surface area (Å²) in [5, 5.41) is 17.2.